The van der Waals surface area contributed by atoms with Crippen LogP contribution in [0.15, 0.2) is 42.5 Å². The van der Waals surface area contributed by atoms with Gasteiger partial charge in [0.2, 0.25) is 0 Å². The van der Waals surface area contributed by atoms with E-state index < -0.39 is 5.31 Å². The molecule has 0 atom stereocenters. The van der Waals surface area contributed by atoms with Crippen LogP contribution in [-0.4, -0.2) is 31.2 Å². The summed E-state index contributed by atoms with van der Waals surface area (Å²) in [4.78, 5) is 0. The van der Waals surface area contributed by atoms with Gasteiger partial charge in [0.25, 0.3) is 0 Å². The monoisotopic (exact) mass is 442 g/mol. The van der Waals surface area contributed by atoms with Crippen molar-refractivity contribution in [3.05, 3.63) is 42.5 Å². The quantitative estimate of drug-likeness (QED) is 0.143. The second-order valence-corrected chi connectivity index (χ2v) is 19.1. The summed E-state index contributed by atoms with van der Waals surface area (Å²) < 4.78 is 0. The number of nitrogens with zero attached hydrogens (tertiary/aromatic N) is 1. The van der Waals surface area contributed by atoms with Crippen LogP contribution < -0.4 is 10.9 Å². The molecule has 0 bridgehead atoms. The third-order valence-electron chi connectivity index (χ3n) is 5.33. The minimum atomic E-state index is -1.83. The van der Waals surface area contributed by atoms with Crippen LogP contribution in [0.1, 0.15) is 59.3 Å². The third kappa shape index (κ3) is 8.11. The average Bonchev–Trinajstić information content (AvgIpc) is 2.68. The van der Waals surface area contributed by atoms with Crippen LogP contribution in [0.4, 0.5) is 5.69 Å². The van der Waals surface area contributed by atoms with Gasteiger partial charge in [-0.3, -0.25) is 0 Å². The average molecular weight is 443 g/mol. The van der Waals surface area contributed by atoms with Crippen LogP contribution >= 0.6 is 20.8 Å². The van der Waals surface area contributed by atoms with E-state index in [1.165, 1.54) is 63.2 Å². The number of para-hydroxylation sites is 1. The predicted octanol–water partition coefficient (Wildman–Crippen LogP) is 7.19. The Morgan fingerprint density at radius 1 is 0.885 bits per heavy atom. The molecule has 0 fully saturated rings. The molecule has 0 aliphatic heterocycles. The molecule has 0 spiro atoms. The molecule has 1 aromatic rings. The van der Waals surface area contributed by atoms with Gasteiger partial charge in [0.15, 0.2) is 0 Å². The Labute approximate surface area is 170 Å². The van der Waals surface area contributed by atoms with Gasteiger partial charge in [-0.25, -0.2) is 0 Å². The zero-order chi connectivity index (χ0) is 19.3. The van der Waals surface area contributed by atoms with Gasteiger partial charge in [-0.1, -0.05) is 0 Å². The van der Waals surface area contributed by atoms with E-state index in [4.69, 9.17) is 5.84 Å². The molecular formula is C22H40BrN2P. The number of rotatable bonds is 14. The zero-order valence-corrected chi connectivity index (χ0v) is 19.6. The molecule has 0 saturated carbocycles. The first-order chi connectivity index (χ1) is 12.5. The van der Waals surface area contributed by atoms with E-state index in [2.05, 4.69) is 60.5 Å². The summed E-state index contributed by atoms with van der Waals surface area (Å²) in [6, 6.07) is 10.2. The van der Waals surface area contributed by atoms with Crippen LogP contribution in [0.2, 0.25) is 0 Å². The molecular weight excluding hydrogens is 403 g/mol. The van der Waals surface area contributed by atoms with E-state index in [1.54, 1.807) is 0 Å². The Kier molecular flexibility index (Phi) is 11.1. The summed E-state index contributed by atoms with van der Waals surface area (Å²) in [6.07, 6.45) is 17.9. The first kappa shape index (κ1) is 23.7. The van der Waals surface area contributed by atoms with Crippen molar-refractivity contribution in [2.45, 2.75) is 59.3 Å². The Bertz CT molecular complexity index is 494. The van der Waals surface area contributed by atoms with E-state index in [9.17, 15) is 0 Å². The van der Waals surface area contributed by atoms with Crippen molar-refractivity contribution in [3.63, 3.8) is 0 Å². The Hall–Kier alpha value is -0.370. The third-order valence-corrected chi connectivity index (χ3v) is 14.8. The molecule has 26 heavy (non-hydrogen) atoms. The number of unbranched alkanes of at least 4 members (excludes halogenated alkanes) is 3. The summed E-state index contributed by atoms with van der Waals surface area (Å²) in [6.45, 7) is 7.71. The van der Waals surface area contributed by atoms with Crippen molar-refractivity contribution in [2.24, 2.45) is 5.84 Å². The van der Waals surface area contributed by atoms with Gasteiger partial charge in [-0.05, 0) is 0 Å². The summed E-state index contributed by atoms with van der Waals surface area (Å²) in [5, 5.41) is -0.00846. The molecule has 0 unspecified atom stereocenters. The van der Waals surface area contributed by atoms with Gasteiger partial charge >= 0.3 is 170 Å². The number of hydrazine groups is 1. The van der Waals surface area contributed by atoms with Gasteiger partial charge in [-0.2, -0.15) is 0 Å². The first-order valence-corrected chi connectivity index (χ1v) is 15.4. The van der Waals surface area contributed by atoms with Crippen LogP contribution in [0.25, 0.3) is 0 Å². The molecule has 0 aliphatic carbocycles. The molecule has 0 heterocycles. The van der Waals surface area contributed by atoms with Crippen molar-refractivity contribution >= 4 is 26.5 Å². The van der Waals surface area contributed by atoms with Crippen LogP contribution in [0.3, 0.4) is 0 Å². The molecule has 2 N–H and O–H groups in total. The molecule has 0 radical (unpaired) electrons. The molecule has 2 nitrogen and oxygen atoms in total. The van der Waals surface area contributed by atoms with Gasteiger partial charge in [-0.15, -0.1) is 0 Å². The molecule has 1 aromatic carbocycles. The Morgan fingerprint density at radius 2 is 1.38 bits per heavy atom. The number of halogens is 1. The van der Waals surface area contributed by atoms with E-state index in [1.807, 2.05) is 23.2 Å². The summed E-state index contributed by atoms with van der Waals surface area (Å²) in [7, 11) is 0. The molecule has 0 aliphatic rings. The maximum atomic E-state index is 6.20. The molecule has 0 amide bonds. The second kappa shape index (κ2) is 12.2. The number of anilines is 1. The van der Waals surface area contributed by atoms with Crippen LogP contribution in [-0.2, 0) is 0 Å². The van der Waals surface area contributed by atoms with Crippen molar-refractivity contribution in [2.75, 3.05) is 36.2 Å². The van der Waals surface area contributed by atoms with Gasteiger partial charge in [0.05, 0.1) is 0 Å². The summed E-state index contributed by atoms with van der Waals surface area (Å²) in [5.74, 6) is 6.20. The van der Waals surface area contributed by atoms with E-state index >= 15 is 0 Å². The molecule has 1 rings (SSSR count). The molecule has 0 aromatic heterocycles. The summed E-state index contributed by atoms with van der Waals surface area (Å²) >= 11 is 4.44. The number of hydrogen-bond acceptors (Lipinski definition) is 2. The van der Waals surface area contributed by atoms with Gasteiger partial charge in [0, 0.05) is 0 Å². The predicted molar refractivity (Wildman–Crippen MR) is 127 cm³/mol. The Morgan fingerprint density at radius 3 is 1.85 bits per heavy atom. The number of allylic oxidation sites excluding steroid dienone is 1. The number of nitrogens with two attached hydrogens (primary N) is 1. The first-order valence-electron chi connectivity index (χ1n) is 10.4. The van der Waals surface area contributed by atoms with E-state index in [0.29, 0.717) is 0 Å². The fourth-order valence-corrected chi connectivity index (χ4v) is 11.5. The van der Waals surface area contributed by atoms with Crippen molar-refractivity contribution < 1.29 is 0 Å². The van der Waals surface area contributed by atoms with Gasteiger partial charge in [0.1, 0.15) is 0 Å². The minimum absolute atomic E-state index is 0.763. The Balaban J connectivity index is 2.79. The van der Waals surface area contributed by atoms with Crippen molar-refractivity contribution in [1.29, 1.82) is 0 Å². The van der Waals surface area contributed by atoms with Crippen LogP contribution in [0, 0.1) is 0 Å². The van der Waals surface area contributed by atoms with Crippen molar-refractivity contribution in [3.8, 4) is 0 Å². The molecule has 0 saturated heterocycles. The standard InChI is InChI=1S/C22H40BrN2P/c1-4-7-18-26(23,19-8-5-2,20-9-6-3)21-14-13-17-25(24)22-15-11-10-12-16-22/h10-16H,4-9,17-21,24H2,1-3H3. The SMILES string of the molecule is CCCCP(Br)(CC=CCN(N)c1ccccc1)(CCCC)CCCC. The normalized spacial score (nSPS) is 13.7. The molecule has 4 heteroatoms. The fourth-order valence-electron chi connectivity index (χ4n) is 3.52. The fraction of sp³-hybridized carbons (Fsp3) is 0.636. The summed E-state index contributed by atoms with van der Waals surface area (Å²) in [5.41, 5.74) is 1.07. The second-order valence-electron chi connectivity index (χ2n) is 7.69. The number of benzene rings is 1. The maximum absolute atomic E-state index is 6.20. The number of hydrogen-bond donors (Lipinski definition) is 1. The van der Waals surface area contributed by atoms with E-state index in [0.717, 1.165) is 12.2 Å². The zero-order valence-electron chi connectivity index (χ0n) is 17.2. The van der Waals surface area contributed by atoms with E-state index in [-0.39, 0.29) is 0 Å². The van der Waals surface area contributed by atoms with Gasteiger partial charge < -0.3 is 0 Å². The topological polar surface area (TPSA) is 29.3 Å². The van der Waals surface area contributed by atoms with Crippen LogP contribution in [0.5, 0.6) is 0 Å². The molecule has 150 valence electrons. The van der Waals surface area contributed by atoms with Crippen molar-refractivity contribution in [1.82, 2.24) is 0 Å².